The predicted octanol–water partition coefficient (Wildman–Crippen LogP) is 3.20. The number of nitrogens with one attached hydrogen (secondary N) is 1. The number of rotatable bonds is 3. The van der Waals surface area contributed by atoms with Crippen LogP contribution in [0, 0.1) is 28.6 Å². The number of nitrogens with zero attached hydrogens (tertiary/aromatic N) is 2. The van der Waals surface area contributed by atoms with Crippen LogP contribution in [0.5, 0.6) is 0 Å². The molecule has 1 atom stereocenters. The quantitative estimate of drug-likeness (QED) is 0.821. The molecule has 18 heavy (non-hydrogen) atoms. The molecule has 0 fully saturated rings. The molecule has 1 aromatic rings. The number of hydrogen-bond acceptors (Lipinski definition) is 3. The summed E-state index contributed by atoms with van der Waals surface area (Å²) in [4.78, 5) is 0. The normalized spacial score (nSPS) is 17.8. The van der Waals surface area contributed by atoms with Gasteiger partial charge in [-0.25, -0.2) is 0 Å². The third-order valence-corrected chi connectivity index (χ3v) is 3.23. The van der Waals surface area contributed by atoms with Crippen molar-refractivity contribution in [2.45, 2.75) is 19.3 Å². The third-order valence-electron chi connectivity index (χ3n) is 3.23. The molecule has 0 aliphatic heterocycles. The first-order valence-corrected chi connectivity index (χ1v) is 6.16. The van der Waals surface area contributed by atoms with Crippen molar-refractivity contribution in [1.82, 2.24) is 0 Å². The van der Waals surface area contributed by atoms with E-state index in [0.717, 1.165) is 25.1 Å². The second-order valence-corrected chi connectivity index (χ2v) is 4.52. The lowest BCUT2D eigenvalue weighted by Gasteiger charge is -2.18. The summed E-state index contributed by atoms with van der Waals surface area (Å²) in [7, 11) is 0. The summed E-state index contributed by atoms with van der Waals surface area (Å²) in [6.07, 6.45) is 7.95. The molecule has 1 aliphatic rings. The van der Waals surface area contributed by atoms with E-state index in [1.54, 1.807) is 12.1 Å². The maximum Gasteiger partial charge on any atom is 0.101 e. The van der Waals surface area contributed by atoms with E-state index in [2.05, 4.69) is 23.5 Å². The molecule has 0 radical (unpaired) electrons. The standard InChI is InChI=1S/C15H15N3/c16-9-13-6-7-15(8-14(13)10-17)18-11-12-4-2-1-3-5-12/h1-2,6-8,12,18H,3-5,11H2. The SMILES string of the molecule is N#Cc1ccc(NCC2CC=CCC2)cc1C#N. The van der Waals surface area contributed by atoms with Gasteiger partial charge in [-0.3, -0.25) is 0 Å². The summed E-state index contributed by atoms with van der Waals surface area (Å²) in [6, 6.07) is 9.37. The Bertz CT molecular complexity index is 532. The van der Waals surface area contributed by atoms with Crippen molar-refractivity contribution in [3.05, 3.63) is 41.5 Å². The maximum absolute atomic E-state index is 8.95. The highest BCUT2D eigenvalue weighted by molar-refractivity contribution is 5.56. The van der Waals surface area contributed by atoms with Crippen LogP contribution in [0.1, 0.15) is 30.4 Å². The molecule has 1 unspecified atom stereocenters. The molecule has 0 amide bonds. The van der Waals surface area contributed by atoms with Crippen molar-refractivity contribution in [3.63, 3.8) is 0 Å². The van der Waals surface area contributed by atoms with E-state index >= 15 is 0 Å². The van der Waals surface area contributed by atoms with Gasteiger partial charge in [-0.05, 0) is 43.4 Å². The lowest BCUT2D eigenvalue weighted by Crippen LogP contribution is -2.15. The zero-order valence-corrected chi connectivity index (χ0v) is 10.2. The van der Waals surface area contributed by atoms with Gasteiger partial charge in [-0.15, -0.1) is 0 Å². The number of allylic oxidation sites excluding steroid dienone is 2. The Balaban J connectivity index is 2.00. The van der Waals surface area contributed by atoms with Gasteiger partial charge in [0.15, 0.2) is 0 Å². The first kappa shape index (κ1) is 12.2. The van der Waals surface area contributed by atoms with E-state index in [-0.39, 0.29) is 0 Å². The number of anilines is 1. The Morgan fingerprint density at radius 2 is 2.00 bits per heavy atom. The average molecular weight is 237 g/mol. The van der Waals surface area contributed by atoms with Gasteiger partial charge in [0.1, 0.15) is 12.1 Å². The van der Waals surface area contributed by atoms with Gasteiger partial charge in [-0.1, -0.05) is 12.2 Å². The first-order valence-electron chi connectivity index (χ1n) is 6.16. The monoisotopic (exact) mass is 237 g/mol. The molecular weight excluding hydrogens is 222 g/mol. The van der Waals surface area contributed by atoms with Gasteiger partial charge in [0, 0.05) is 12.2 Å². The van der Waals surface area contributed by atoms with Crippen LogP contribution < -0.4 is 5.32 Å². The highest BCUT2D eigenvalue weighted by Gasteiger charge is 2.10. The highest BCUT2D eigenvalue weighted by atomic mass is 14.9. The molecule has 0 heterocycles. The predicted molar refractivity (Wildman–Crippen MR) is 70.8 cm³/mol. The summed E-state index contributed by atoms with van der Waals surface area (Å²) in [5, 5.41) is 21.1. The van der Waals surface area contributed by atoms with Crippen LogP contribution in [-0.4, -0.2) is 6.54 Å². The Hall–Kier alpha value is -2.26. The molecule has 1 aliphatic carbocycles. The van der Waals surface area contributed by atoms with Crippen LogP contribution in [0.15, 0.2) is 30.4 Å². The molecule has 3 heteroatoms. The lowest BCUT2D eigenvalue weighted by molar-refractivity contribution is 0.504. The fourth-order valence-corrected chi connectivity index (χ4v) is 2.15. The second-order valence-electron chi connectivity index (χ2n) is 4.52. The van der Waals surface area contributed by atoms with Crippen molar-refractivity contribution < 1.29 is 0 Å². The van der Waals surface area contributed by atoms with Crippen molar-refractivity contribution in [2.24, 2.45) is 5.92 Å². The minimum absolute atomic E-state index is 0.434. The molecule has 1 aromatic carbocycles. The van der Waals surface area contributed by atoms with E-state index in [1.165, 1.54) is 6.42 Å². The molecule has 0 aromatic heterocycles. The topological polar surface area (TPSA) is 59.6 Å². The first-order chi connectivity index (χ1) is 8.83. The van der Waals surface area contributed by atoms with Crippen LogP contribution >= 0.6 is 0 Å². The van der Waals surface area contributed by atoms with Gasteiger partial charge >= 0.3 is 0 Å². The summed E-state index contributed by atoms with van der Waals surface area (Å²) >= 11 is 0. The van der Waals surface area contributed by atoms with E-state index in [0.29, 0.717) is 17.0 Å². The molecule has 0 saturated heterocycles. The molecule has 3 nitrogen and oxygen atoms in total. The van der Waals surface area contributed by atoms with Gasteiger partial charge in [-0.2, -0.15) is 10.5 Å². The minimum Gasteiger partial charge on any atom is -0.385 e. The van der Waals surface area contributed by atoms with Gasteiger partial charge in [0.2, 0.25) is 0 Å². The molecular formula is C15H15N3. The Morgan fingerprint density at radius 1 is 1.17 bits per heavy atom. The Labute approximate surface area is 107 Å². The molecule has 0 saturated carbocycles. The minimum atomic E-state index is 0.434. The van der Waals surface area contributed by atoms with E-state index < -0.39 is 0 Å². The fourth-order valence-electron chi connectivity index (χ4n) is 2.15. The Kier molecular flexibility index (Phi) is 3.99. The van der Waals surface area contributed by atoms with Crippen LogP contribution in [0.4, 0.5) is 5.69 Å². The Morgan fingerprint density at radius 3 is 2.67 bits per heavy atom. The van der Waals surface area contributed by atoms with Crippen LogP contribution in [0.2, 0.25) is 0 Å². The summed E-state index contributed by atoms with van der Waals surface area (Å²) in [6.45, 7) is 0.918. The van der Waals surface area contributed by atoms with Crippen LogP contribution in [-0.2, 0) is 0 Å². The molecule has 90 valence electrons. The van der Waals surface area contributed by atoms with E-state index in [4.69, 9.17) is 10.5 Å². The molecule has 1 N–H and O–H groups in total. The van der Waals surface area contributed by atoms with Crippen molar-refractivity contribution in [3.8, 4) is 12.1 Å². The summed E-state index contributed by atoms with van der Waals surface area (Å²) in [5.74, 6) is 0.663. The molecule has 0 spiro atoms. The van der Waals surface area contributed by atoms with Crippen molar-refractivity contribution in [2.75, 3.05) is 11.9 Å². The van der Waals surface area contributed by atoms with Gasteiger partial charge in [0.05, 0.1) is 11.1 Å². The summed E-state index contributed by atoms with van der Waals surface area (Å²) < 4.78 is 0. The van der Waals surface area contributed by atoms with Gasteiger partial charge in [0.25, 0.3) is 0 Å². The zero-order valence-electron chi connectivity index (χ0n) is 10.2. The zero-order chi connectivity index (χ0) is 12.8. The fraction of sp³-hybridized carbons (Fsp3) is 0.333. The largest absolute Gasteiger partial charge is 0.385 e. The second kappa shape index (κ2) is 5.89. The van der Waals surface area contributed by atoms with Crippen molar-refractivity contribution in [1.29, 1.82) is 10.5 Å². The maximum atomic E-state index is 8.95. The lowest BCUT2D eigenvalue weighted by atomic mass is 9.94. The molecule has 0 bridgehead atoms. The average Bonchev–Trinajstić information content (AvgIpc) is 2.45. The van der Waals surface area contributed by atoms with Crippen LogP contribution in [0.3, 0.4) is 0 Å². The number of hydrogen-bond donors (Lipinski definition) is 1. The van der Waals surface area contributed by atoms with E-state index in [9.17, 15) is 0 Å². The smallest absolute Gasteiger partial charge is 0.101 e. The van der Waals surface area contributed by atoms with Crippen LogP contribution in [0.25, 0.3) is 0 Å². The van der Waals surface area contributed by atoms with E-state index in [1.807, 2.05) is 12.1 Å². The number of nitriles is 2. The van der Waals surface area contributed by atoms with Crippen molar-refractivity contribution >= 4 is 5.69 Å². The number of benzene rings is 1. The summed E-state index contributed by atoms with van der Waals surface area (Å²) in [5.41, 5.74) is 1.79. The highest BCUT2D eigenvalue weighted by Crippen LogP contribution is 2.20. The molecule has 2 rings (SSSR count). The van der Waals surface area contributed by atoms with Gasteiger partial charge < -0.3 is 5.32 Å². The third kappa shape index (κ3) is 2.90.